The summed E-state index contributed by atoms with van der Waals surface area (Å²) in [5, 5.41) is 8.60. The normalized spacial score (nSPS) is 20.5. The van der Waals surface area contributed by atoms with Gasteiger partial charge >= 0.3 is 6.03 Å². The number of para-hydroxylation sites is 1. The van der Waals surface area contributed by atoms with E-state index in [1.807, 2.05) is 0 Å². The number of carbonyl (C=O) groups is 1. The first-order chi connectivity index (χ1) is 14.7. The van der Waals surface area contributed by atoms with E-state index in [1.165, 1.54) is 29.8 Å². The highest BCUT2D eigenvalue weighted by Crippen LogP contribution is 2.30. The molecule has 1 aliphatic carbocycles. The van der Waals surface area contributed by atoms with Crippen LogP contribution in [0.3, 0.4) is 0 Å². The quantitative estimate of drug-likeness (QED) is 0.708. The fourth-order valence-electron chi connectivity index (χ4n) is 4.86. The van der Waals surface area contributed by atoms with Gasteiger partial charge in [-0.1, -0.05) is 43.5 Å². The molecule has 1 aromatic carbocycles. The Labute approximate surface area is 184 Å². The van der Waals surface area contributed by atoms with Crippen molar-refractivity contribution in [2.45, 2.75) is 57.2 Å². The Morgan fingerprint density at radius 1 is 1.00 bits per heavy atom. The number of thiophene rings is 1. The fourth-order valence-corrected chi connectivity index (χ4v) is 5.82. The zero-order chi connectivity index (χ0) is 20.8. The van der Waals surface area contributed by atoms with Crippen molar-refractivity contribution in [3.05, 3.63) is 52.7 Å². The number of urea groups is 1. The first-order valence-electron chi connectivity index (χ1n) is 11.3. The molecule has 2 aliphatic rings. The first kappa shape index (κ1) is 21.2. The standard InChI is InChI=1S/C24H34N4OS/c1-19(25-24(29)26-20-9-4-2-5-10-20)23(22-13-8-18-30-22)28-16-14-27(15-17-28)21-11-6-3-7-12-21/h3,6-8,11-13,18-20,23H,2,4-5,9-10,14-17H2,1H3,(H2,25,26,29)/t19-,23-/m1/s1. The van der Waals surface area contributed by atoms with Crippen LogP contribution in [0, 0.1) is 0 Å². The van der Waals surface area contributed by atoms with Crippen molar-refractivity contribution < 1.29 is 4.79 Å². The van der Waals surface area contributed by atoms with Crippen molar-refractivity contribution in [2.24, 2.45) is 0 Å². The van der Waals surface area contributed by atoms with E-state index in [-0.39, 0.29) is 18.1 Å². The van der Waals surface area contributed by atoms with Crippen molar-refractivity contribution in [1.82, 2.24) is 15.5 Å². The van der Waals surface area contributed by atoms with Gasteiger partial charge in [0.25, 0.3) is 0 Å². The molecule has 2 heterocycles. The van der Waals surface area contributed by atoms with Crippen molar-refractivity contribution >= 4 is 23.1 Å². The minimum atomic E-state index is -0.0149. The van der Waals surface area contributed by atoms with E-state index < -0.39 is 0 Å². The number of rotatable bonds is 6. The Bertz CT molecular complexity index is 768. The second-order valence-electron chi connectivity index (χ2n) is 8.56. The Balaban J connectivity index is 1.37. The highest BCUT2D eigenvalue weighted by Gasteiger charge is 2.31. The molecular formula is C24H34N4OS. The summed E-state index contributed by atoms with van der Waals surface area (Å²) in [5.74, 6) is 0. The SMILES string of the molecule is C[C@@H](NC(=O)NC1CCCCC1)[C@H](c1cccs1)N1CCN(c2ccccc2)CC1. The molecule has 4 rings (SSSR count). The molecule has 0 unspecified atom stereocenters. The van der Waals surface area contributed by atoms with Crippen LogP contribution in [0.5, 0.6) is 0 Å². The Hall–Kier alpha value is -2.05. The summed E-state index contributed by atoms with van der Waals surface area (Å²) in [6, 6.07) is 15.5. The lowest BCUT2D eigenvalue weighted by molar-refractivity contribution is 0.155. The van der Waals surface area contributed by atoms with Gasteiger partial charge in [-0.05, 0) is 43.3 Å². The lowest BCUT2D eigenvalue weighted by Crippen LogP contribution is -2.54. The van der Waals surface area contributed by atoms with Crippen molar-refractivity contribution in [3.63, 3.8) is 0 Å². The summed E-state index contributed by atoms with van der Waals surface area (Å²) < 4.78 is 0. The number of amides is 2. The molecule has 30 heavy (non-hydrogen) atoms. The molecule has 5 nitrogen and oxygen atoms in total. The third-order valence-corrected chi connectivity index (χ3v) is 7.38. The topological polar surface area (TPSA) is 47.6 Å². The van der Waals surface area contributed by atoms with Crippen LogP contribution >= 0.6 is 11.3 Å². The lowest BCUT2D eigenvalue weighted by atomic mass is 9.96. The second-order valence-corrected chi connectivity index (χ2v) is 9.54. The first-order valence-corrected chi connectivity index (χ1v) is 12.2. The summed E-state index contributed by atoms with van der Waals surface area (Å²) >= 11 is 1.79. The third-order valence-electron chi connectivity index (χ3n) is 6.44. The molecule has 162 valence electrons. The van der Waals surface area contributed by atoms with Crippen LogP contribution < -0.4 is 15.5 Å². The van der Waals surface area contributed by atoms with Gasteiger partial charge < -0.3 is 15.5 Å². The maximum atomic E-state index is 12.7. The largest absolute Gasteiger partial charge is 0.369 e. The van der Waals surface area contributed by atoms with Crippen LogP contribution in [0.15, 0.2) is 47.8 Å². The molecule has 0 bridgehead atoms. The van der Waals surface area contributed by atoms with Crippen molar-refractivity contribution in [1.29, 1.82) is 0 Å². The summed E-state index contributed by atoms with van der Waals surface area (Å²) in [6.07, 6.45) is 5.97. The Morgan fingerprint density at radius 2 is 1.73 bits per heavy atom. The molecule has 2 aromatic rings. The van der Waals surface area contributed by atoms with E-state index in [9.17, 15) is 4.79 Å². The summed E-state index contributed by atoms with van der Waals surface area (Å²) in [7, 11) is 0. The van der Waals surface area contributed by atoms with Crippen LogP contribution in [0.25, 0.3) is 0 Å². The monoisotopic (exact) mass is 426 g/mol. The van der Waals surface area contributed by atoms with E-state index >= 15 is 0 Å². The minimum absolute atomic E-state index is 0.0149. The zero-order valence-corrected chi connectivity index (χ0v) is 18.7. The number of hydrogen-bond donors (Lipinski definition) is 2. The molecule has 2 N–H and O–H groups in total. The summed E-state index contributed by atoms with van der Waals surface area (Å²) in [5.41, 5.74) is 1.29. The number of hydrogen-bond acceptors (Lipinski definition) is 4. The smallest absolute Gasteiger partial charge is 0.315 e. The molecular weight excluding hydrogens is 392 g/mol. The van der Waals surface area contributed by atoms with Crippen LogP contribution in [-0.4, -0.2) is 49.2 Å². The predicted octanol–water partition coefficient (Wildman–Crippen LogP) is 4.63. The van der Waals surface area contributed by atoms with E-state index in [4.69, 9.17) is 0 Å². The van der Waals surface area contributed by atoms with Gasteiger partial charge in [-0.2, -0.15) is 0 Å². The fraction of sp³-hybridized carbons (Fsp3) is 0.542. The number of carbonyl (C=O) groups excluding carboxylic acids is 1. The van der Waals surface area contributed by atoms with Gasteiger partial charge in [-0.25, -0.2) is 4.79 Å². The van der Waals surface area contributed by atoms with Gasteiger partial charge in [0, 0.05) is 48.8 Å². The predicted molar refractivity (Wildman–Crippen MR) is 125 cm³/mol. The van der Waals surface area contributed by atoms with E-state index in [0.717, 1.165) is 39.0 Å². The molecule has 2 fully saturated rings. The van der Waals surface area contributed by atoms with Crippen LogP contribution in [0.2, 0.25) is 0 Å². The van der Waals surface area contributed by atoms with Crippen LogP contribution in [0.1, 0.15) is 49.9 Å². The van der Waals surface area contributed by atoms with Gasteiger partial charge in [0.15, 0.2) is 0 Å². The number of benzene rings is 1. The molecule has 2 atom stereocenters. The van der Waals surface area contributed by atoms with E-state index in [1.54, 1.807) is 11.3 Å². The van der Waals surface area contributed by atoms with Gasteiger partial charge in [0.1, 0.15) is 0 Å². The summed E-state index contributed by atoms with van der Waals surface area (Å²) in [6.45, 7) is 6.15. The molecule has 1 saturated heterocycles. The number of nitrogens with zero attached hydrogens (tertiary/aromatic N) is 2. The third kappa shape index (κ3) is 5.35. The van der Waals surface area contributed by atoms with Gasteiger partial charge in [-0.3, -0.25) is 4.90 Å². The number of piperazine rings is 1. The average molecular weight is 427 g/mol. The van der Waals surface area contributed by atoms with Crippen LogP contribution in [0.4, 0.5) is 10.5 Å². The van der Waals surface area contributed by atoms with Crippen molar-refractivity contribution in [3.8, 4) is 0 Å². The van der Waals surface area contributed by atoms with E-state index in [2.05, 4.69) is 75.2 Å². The molecule has 0 spiro atoms. The zero-order valence-electron chi connectivity index (χ0n) is 17.9. The van der Waals surface area contributed by atoms with E-state index in [0.29, 0.717) is 6.04 Å². The minimum Gasteiger partial charge on any atom is -0.369 e. The average Bonchev–Trinajstić information content (AvgIpc) is 3.30. The molecule has 1 saturated carbocycles. The highest BCUT2D eigenvalue weighted by molar-refractivity contribution is 7.10. The molecule has 1 aliphatic heterocycles. The maximum Gasteiger partial charge on any atom is 0.315 e. The maximum absolute atomic E-state index is 12.7. The lowest BCUT2D eigenvalue weighted by Gasteiger charge is -2.42. The molecule has 0 radical (unpaired) electrons. The van der Waals surface area contributed by atoms with Gasteiger partial charge in [0.2, 0.25) is 0 Å². The molecule has 2 amide bonds. The Morgan fingerprint density at radius 3 is 2.40 bits per heavy atom. The van der Waals surface area contributed by atoms with Gasteiger partial charge in [0.05, 0.1) is 6.04 Å². The number of anilines is 1. The van der Waals surface area contributed by atoms with Crippen LogP contribution in [-0.2, 0) is 0 Å². The highest BCUT2D eigenvalue weighted by atomic mass is 32.1. The number of nitrogens with one attached hydrogen (secondary N) is 2. The molecule has 1 aromatic heterocycles. The molecule has 6 heteroatoms. The summed E-state index contributed by atoms with van der Waals surface area (Å²) in [4.78, 5) is 19.0. The van der Waals surface area contributed by atoms with Crippen molar-refractivity contribution in [2.75, 3.05) is 31.1 Å². The Kier molecular flexibility index (Phi) is 7.28. The second kappa shape index (κ2) is 10.3. The van der Waals surface area contributed by atoms with Gasteiger partial charge in [-0.15, -0.1) is 11.3 Å².